The van der Waals surface area contributed by atoms with Crippen LogP contribution in [0.5, 0.6) is 0 Å². The molecule has 0 unspecified atom stereocenters. The zero-order valence-corrected chi connectivity index (χ0v) is 12.0. The summed E-state index contributed by atoms with van der Waals surface area (Å²) >= 11 is 0. The quantitative estimate of drug-likeness (QED) is 0.688. The second-order valence-electron chi connectivity index (χ2n) is 5.17. The van der Waals surface area contributed by atoms with Gasteiger partial charge in [0.25, 0.3) is 0 Å². The Kier molecular flexibility index (Phi) is 8.01. The van der Waals surface area contributed by atoms with Gasteiger partial charge in [-0.2, -0.15) is 0 Å². The van der Waals surface area contributed by atoms with Gasteiger partial charge in [-0.05, 0) is 45.3 Å². The van der Waals surface area contributed by atoms with Gasteiger partial charge in [0.2, 0.25) is 5.91 Å². The number of nitrogens with zero attached hydrogens (tertiary/aromatic N) is 1. The van der Waals surface area contributed by atoms with Crippen LogP contribution in [0.2, 0.25) is 0 Å². The van der Waals surface area contributed by atoms with Crippen LogP contribution >= 0.6 is 0 Å². The Morgan fingerprint density at radius 3 is 2.50 bits per heavy atom. The summed E-state index contributed by atoms with van der Waals surface area (Å²) in [6, 6.07) is 0.608. The van der Waals surface area contributed by atoms with E-state index in [0.29, 0.717) is 12.5 Å². The molecule has 106 valence electrons. The highest BCUT2D eigenvalue weighted by molar-refractivity contribution is 5.75. The fourth-order valence-electron chi connectivity index (χ4n) is 2.42. The number of nitrogens with one attached hydrogen (secondary N) is 2. The highest BCUT2D eigenvalue weighted by Gasteiger charge is 2.17. The van der Waals surface area contributed by atoms with Gasteiger partial charge in [0.15, 0.2) is 0 Å². The van der Waals surface area contributed by atoms with Crippen LogP contribution in [0.15, 0.2) is 0 Å². The first kappa shape index (κ1) is 15.4. The second kappa shape index (κ2) is 9.34. The van der Waals surface area contributed by atoms with Crippen molar-refractivity contribution in [3.63, 3.8) is 0 Å². The molecule has 0 spiro atoms. The van der Waals surface area contributed by atoms with Crippen LogP contribution in [0.1, 0.15) is 46.0 Å². The normalized spacial score (nSPS) is 17.9. The van der Waals surface area contributed by atoms with E-state index in [-0.39, 0.29) is 5.91 Å². The van der Waals surface area contributed by atoms with Gasteiger partial charge in [0, 0.05) is 25.6 Å². The van der Waals surface area contributed by atoms with Crippen molar-refractivity contribution in [1.29, 1.82) is 0 Å². The molecule has 0 radical (unpaired) electrons. The van der Waals surface area contributed by atoms with Crippen molar-refractivity contribution in [3.05, 3.63) is 0 Å². The molecule has 1 aliphatic rings. The SMILES string of the molecule is CCCNC(=O)CCNC1CCN(CCC)CC1. The number of carbonyl (C=O) groups is 1. The van der Waals surface area contributed by atoms with E-state index in [1.807, 2.05) is 0 Å². The van der Waals surface area contributed by atoms with Crippen LogP contribution in [0.25, 0.3) is 0 Å². The van der Waals surface area contributed by atoms with E-state index in [1.54, 1.807) is 0 Å². The summed E-state index contributed by atoms with van der Waals surface area (Å²) < 4.78 is 0. The zero-order valence-electron chi connectivity index (χ0n) is 12.0. The van der Waals surface area contributed by atoms with Crippen molar-refractivity contribution >= 4 is 5.91 Å². The number of piperidine rings is 1. The summed E-state index contributed by atoms with van der Waals surface area (Å²) in [6.07, 6.45) is 5.30. The van der Waals surface area contributed by atoms with Crippen LogP contribution in [0.3, 0.4) is 0 Å². The lowest BCUT2D eigenvalue weighted by molar-refractivity contribution is -0.121. The van der Waals surface area contributed by atoms with Crippen LogP contribution in [-0.2, 0) is 4.79 Å². The number of amides is 1. The second-order valence-corrected chi connectivity index (χ2v) is 5.17. The number of likely N-dealkylation sites (tertiary alicyclic amines) is 1. The summed E-state index contributed by atoms with van der Waals surface area (Å²) in [6.45, 7) is 9.55. The fourth-order valence-corrected chi connectivity index (χ4v) is 2.42. The Labute approximate surface area is 111 Å². The van der Waals surface area contributed by atoms with Crippen LogP contribution < -0.4 is 10.6 Å². The first-order valence-electron chi connectivity index (χ1n) is 7.48. The maximum atomic E-state index is 11.4. The van der Waals surface area contributed by atoms with Crippen molar-refractivity contribution < 1.29 is 4.79 Å². The molecule has 1 amide bonds. The van der Waals surface area contributed by atoms with E-state index in [9.17, 15) is 4.79 Å². The van der Waals surface area contributed by atoms with Gasteiger partial charge in [0.05, 0.1) is 0 Å². The van der Waals surface area contributed by atoms with Gasteiger partial charge in [-0.15, -0.1) is 0 Å². The topological polar surface area (TPSA) is 44.4 Å². The van der Waals surface area contributed by atoms with Crippen molar-refractivity contribution in [1.82, 2.24) is 15.5 Å². The summed E-state index contributed by atoms with van der Waals surface area (Å²) in [5, 5.41) is 6.41. The van der Waals surface area contributed by atoms with E-state index in [2.05, 4.69) is 29.4 Å². The average Bonchev–Trinajstić information content (AvgIpc) is 2.39. The Hall–Kier alpha value is -0.610. The molecular weight excluding hydrogens is 226 g/mol. The maximum Gasteiger partial charge on any atom is 0.221 e. The maximum absolute atomic E-state index is 11.4. The molecule has 4 nitrogen and oxygen atoms in total. The van der Waals surface area contributed by atoms with Crippen molar-refractivity contribution in [2.45, 2.75) is 52.0 Å². The number of hydrogen-bond acceptors (Lipinski definition) is 3. The molecule has 0 bridgehead atoms. The molecule has 1 fully saturated rings. The molecule has 0 saturated carbocycles. The van der Waals surface area contributed by atoms with E-state index >= 15 is 0 Å². The van der Waals surface area contributed by atoms with Gasteiger partial charge in [-0.25, -0.2) is 0 Å². The van der Waals surface area contributed by atoms with Crippen LogP contribution in [0, 0.1) is 0 Å². The van der Waals surface area contributed by atoms with Gasteiger partial charge in [0.1, 0.15) is 0 Å². The highest BCUT2D eigenvalue weighted by Crippen LogP contribution is 2.10. The molecule has 0 aromatic carbocycles. The minimum absolute atomic E-state index is 0.174. The first-order valence-corrected chi connectivity index (χ1v) is 7.48. The molecule has 1 saturated heterocycles. The van der Waals surface area contributed by atoms with Crippen molar-refractivity contribution in [2.75, 3.05) is 32.7 Å². The average molecular weight is 255 g/mol. The summed E-state index contributed by atoms with van der Waals surface area (Å²) in [5.74, 6) is 0.174. The Morgan fingerprint density at radius 1 is 1.17 bits per heavy atom. The number of hydrogen-bond donors (Lipinski definition) is 2. The van der Waals surface area contributed by atoms with Gasteiger partial charge in [-0.1, -0.05) is 13.8 Å². The minimum atomic E-state index is 0.174. The van der Waals surface area contributed by atoms with Crippen LogP contribution in [-0.4, -0.2) is 49.6 Å². The highest BCUT2D eigenvalue weighted by atomic mass is 16.1. The Morgan fingerprint density at radius 2 is 1.89 bits per heavy atom. The Bertz CT molecular complexity index is 225. The lowest BCUT2D eigenvalue weighted by Gasteiger charge is -2.32. The molecule has 1 aliphatic heterocycles. The summed E-state index contributed by atoms with van der Waals surface area (Å²) in [5.41, 5.74) is 0. The molecule has 2 N–H and O–H groups in total. The minimum Gasteiger partial charge on any atom is -0.356 e. The third-order valence-electron chi connectivity index (χ3n) is 3.48. The van der Waals surface area contributed by atoms with E-state index in [1.165, 1.54) is 38.9 Å². The molecule has 18 heavy (non-hydrogen) atoms. The third-order valence-corrected chi connectivity index (χ3v) is 3.48. The van der Waals surface area contributed by atoms with Crippen LogP contribution in [0.4, 0.5) is 0 Å². The van der Waals surface area contributed by atoms with Gasteiger partial charge in [-0.3, -0.25) is 4.79 Å². The van der Waals surface area contributed by atoms with E-state index in [4.69, 9.17) is 0 Å². The number of rotatable bonds is 8. The van der Waals surface area contributed by atoms with E-state index in [0.717, 1.165) is 19.5 Å². The third kappa shape index (κ3) is 6.36. The van der Waals surface area contributed by atoms with Crippen molar-refractivity contribution in [3.8, 4) is 0 Å². The molecule has 0 aromatic heterocycles. The lowest BCUT2D eigenvalue weighted by atomic mass is 10.0. The summed E-state index contributed by atoms with van der Waals surface area (Å²) in [7, 11) is 0. The molecule has 1 heterocycles. The predicted molar refractivity (Wildman–Crippen MR) is 75.7 cm³/mol. The molecule has 1 rings (SSSR count). The molecule has 0 aromatic rings. The molecular formula is C14H29N3O. The lowest BCUT2D eigenvalue weighted by Crippen LogP contribution is -2.43. The molecule has 0 atom stereocenters. The monoisotopic (exact) mass is 255 g/mol. The zero-order chi connectivity index (χ0) is 13.2. The first-order chi connectivity index (χ1) is 8.76. The fraction of sp³-hybridized carbons (Fsp3) is 0.929. The van der Waals surface area contributed by atoms with E-state index < -0.39 is 0 Å². The largest absolute Gasteiger partial charge is 0.356 e. The predicted octanol–water partition coefficient (Wildman–Crippen LogP) is 1.37. The van der Waals surface area contributed by atoms with Gasteiger partial charge >= 0.3 is 0 Å². The number of carbonyl (C=O) groups excluding carboxylic acids is 1. The Balaban J connectivity index is 2.02. The van der Waals surface area contributed by atoms with Gasteiger partial charge < -0.3 is 15.5 Å². The molecule has 4 heteroatoms. The summed E-state index contributed by atoms with van der Waals surface area (Å²) in [4.78, 5) is 14.0. The standard InChI is InChI=1S/C14H29N3O/c1-3-8-16-14(18)5-9-15-13-6-11-17(10-4-2)12-7-13/h13,15H,3-12H2,1-2H3,(H,16,18). The van der Waals surface area contributed by atoms with Crippen molar-refractivity contribution in [2.24, 2.45) is 0 Å². The smallest absolute Gasteiger partial charge is 0.221 e. The molecule has 0 aliphatic carbocycles.